The van der Waals surface area contributed by atoms with Crippen LogP contribution in [0.25, 0.3) is 0 Å². The number of amides is 2. The summed E-state index contributed by atoms with van der Waals surface area (Å²) < 4.78 is 15.3. The standard InChI is InChI=1S/C20H29N3O2S.H2O/c1-2-23-11-9-16(10-12-23)26(25)22-20(24)21-19-17-7-3-5-14(17)13-15-6-4-8-18(15)19;/h13,16H,2-12H2,1H3,(H2,21,22,24);1H2. The van der Waals surface area contributed by atoms with Gasteiger partial charge in [-0.2, -0.15) is 0 Å². The molecule has 0 bridgehead atoms. The second-order valence-electron chi connectivity index (χ2n) is 7.72. The maximum atomic E-state index is 12.6. The Morgan fingerprint density at radius 3 is 2.26 bits per heavy atom. The fourth-order valence-corrected chi connectivity index (χ4v) is 5.76. The fraction of sp³-hybridized carbons (Fsp3) is 0.650. The zero-order valence-electron chi connectivity index (χ0n) is 16.1. The number of benzene rings is 1. The van der Waals surface area contributed by atoms with Crippen LogP contribution < -0.4 is 10.0 Å². The van der Waals surface area contributed by atoms with Crippen LogP contribution in [0.4, 0.5) is 10.5 Å². The summed E-state index contributed by atoms with van der Waals surface area (Å²) in [6, 6.07) is 2.04. The molecule has 3 aliphatic rings. The smallest absolute Gasteiger partial charge is 0.331 e. The lowest BCUT2D eigenvalue weighted by molar-refractivity contribution is 0.242. The van der Waals surface area contributed by atoms with Crippen LogP contribution in [0.3, 0.4) is 0 Å². The molecule has 1 unspecified atom stereocenters. The van der Waals surface area contributed by atoms with Crippen LogP contribution in [0, 0.1) is 0 Å². The highest BCUT2D eigenvalue weighted by molar-refractivity contribution is 7.84. The van der Waals surface area contributed by atoms with Crippen LogP contribution in [-0.2, 0) is 36.7 Å². The first kappa shape index (κ1) is 20.3. The number of nitrogens with one attached hydrogen (secondary N) is 2. The first-order valence-corrected chi connectivity index (χ1v) is 11.2. The molecule has 0 spiro atoms. The molecule has 0 saturated carbocycles. The average molecular weight is 394 g/mol. The number of urea groups is 1. The Kier molecular flexibility index (Phi) is 6.55. The van der Waals surface area contributed by atoms with Crippen molar-refractivity contribution in [2.45, 2.75) is 63.5 Å². The third-order valence-corrected chi connectivity index (χ3v) is 7.65. The molecule has 7 heteroatoms. The molecule has 1 saturated heterocycles. The summed E-state index contributed by atoms with van der Waals surface area (Å²) >= 11 is 0. The van der Waals surface area contributed by atoms with E-state index in [1.54, 1.807) is 0 Å². The lowest BCUT2D eigenvalue weighted by atomic mass is 9.99. The van der Waals surface area contributed by atoms with Gasteiger partial charge >= 0.3 is 6.03 Å². The summed E-state index contributed by atoms with van der Waals surface area (Å²) in [6.07, 6.45) is 8.40. The van der Waals surface area contributed by atoms with Crippen molar-refractivity contribution in [3.8, 4) is 0 Å². The van der Waals surface area contributed by atoms with E-state index < -0.39 is 11.0 Å². The predicted molar refractivity (Wildman–Crippen MR) is 110 cm³/mol. The molecule has 1 aromatic rings. The number of carbonyl (C=O) groups excluding carboxylic acids is 1. The zero-order valence-corrected chi connectivity index (χ0v) is 16.9. The Morgan fingerprint density at radius 2 is 1.70 bits per heavy atom. The molecule has 27 heavy (non-hydrogen) atoms. The van der Waals surface area contributed by atoms with E-state index in [1.807, 2.05) is 0 Å². The van der Waals surface area contributed by atoms with E-state index in [0.29, 0.717) is 0 Å². The van der Waals surface area contributed by atoms with Crippen molar-refractivity contribution in [3.05, 3.63) is 28.3 Å². The number of hydrogen-bond acceptors (Lipinski definition) is 3. The van der Waals surface area contributed by atoms with Crippen molar-refractivity contribution >= 4 is 22.7 Å². The Morgan fingerprint density at radius 1 is 1.11 bits per heavy atom. The van der Waals surface area contributed by atoms with Gasteiger partial charge in [0.05, 0.1) is 5.25 Å². The molecule has 1 aliphatic heterocycles. The highest BCUT2D eigenvalue weighted by Gasteiger charge is 2.27. The topological polar surface area (TPSA) is 92.9 Å². The molecule has 1 aromatic carbocycles. The van der Waals surface area contributed by atoms with Gasteiger partial charge in [-0.25, -0.2) is 9.00 Å². The number of likely N-dealkylation sites (tertiary alicyclic amines) is 1. The molecule has 2 aliphatic carbocycles. The maximum absolute atomic E-state index is 12.6. The third kappa shape index (κ3) is 4.20. The van der Waals surface area contributed by atoms with Crippen LogP contribution in [0.1, 0.15) is 54.9 Å². The summed E-state index contributed by atoms with van der Waals surface area (Å²) in [4.78, 5) is 14.9. The average Bonchev–Trinajstić information content (AvgIpc) is 3.30. The van der Waals surface area contributed by atoms with Gasteiger partial charge in [0.15, 0.2) is 0 Å². The van der Waals surface area contributed by atoms with Crippen molar-refractivity contribution in [1.29, 1.82) is 0 Å². The van der Waals surface area contributed by atoms with E-state index in [4.69, 9.17) is 0 Å². The van der Waals surface area contributed by atoms with Crippen molar-refractivity contribution in [3.63, 3.8) is 0 Å². The number of rotatable bonds is 4. The highest BCUT2D eigenvalue weighted by Crippen LogP contribution is 2.38. The highest BCUT2D eigenvalue weighted by atomic mass is 32.2. The summed E-state index contributed by atoms with van der Waals surface area (Å²) in [6.45, 7) is 5.13. The molecule has 4 N–H and O–H groups in total. The van der Waals surface area contributed by atoms with Crippen molar-refractivity contribution in [2.75, 3.05) is 25.0 Å². The second-order valence-corrected chi connectivity index (χ2v) is 9.19. The first-order valence-electron chi connectivity index (χ1n) is 10.0. The molecule has 1 fully saturated rings. The van der Waals surface area contributed by atoms with Gasteiger partial charge in [0.25, 0.3) is 0 Å². The van der Waals surface area contributed by atoms with Gasteiger partial charge in [-0.1, -0.05) is 13.0 Å². The fourth-order valence-electron chi connectivity index (χ4n) is 4.72. The molecule has 2 amide bonds. The van der Waals surface area contributed by atoms with E-state index in [0.717, 1.165) is 76.7 Å². The van der Waals surface area contributed by atoms with Gasteiger partial charge in [0.1, 0.15) is 11.0 Å². The van der Waals surface area contributed by atoms with Gasteiger partial charge in [-0.3, -0.25) is 4.72 Å². The molecule has 150 valence electrons. The van der Waals surface area contributed by atoms with Crippen LogP contribution in [-0.4, -0.2) is 45.5 Å². The predicted octanol–water partition coefficient (Wildman–Crippen LogP) is 2.11. The molecule has 1 atom stereocenters. The minimum absolute atomic E-state index is 0. The molecule has 6 nitrogen and oxygen atoms in total. The van der Waals surface area contributed by atoms with Gasteiger partial charge in [0.2, 0.25) is 0 Å². The van der Waals surface area contributed by atoms with Crippen LogP contribution >= 0.6 is 0 Å². The lowest BCUT2D eigenvalue weighted by Gasteiger charge is -2.30. The molecule has 4 rings (SSSR count). The summed E-state index contributed by atoms with van der Waals surface area (Å²) in [7, 11) is -1.31. The maximum Gasteiger partial charge on any atom is 0.331 e. The molecular weight excluding hydrogens is 362 g/mol. The van der Waals surface area contributed by atoms with Gasteiger partial charge in [-0.05, 0) is 93.3 Å². The Labute approximate surface area is 164 Å². The van der Waals surface area contributed by atoms with E-state index in [1.165, 1.54) is 22.3 Å². The SMILES string of the molecule is CCN1CCC(S(=O)NC(=O)Nc2c3c(cc4c2CCC4)CCC3)CC1.O. The Hall–Kier alpha value is -1.44. The van der Waals surface area contributed by atoms with E-state index >= 15 is 0 Å². The Balaban J connectivity index is 0.00000210. The van der Waals surface area contributed by atoms with E-state index in [2.05, 4.69) is 27.9 Å². The number of aryl methyl sites for hydroxylation is 2. The minimum atomic E-state index is -1.31. The first-order chi connectivity index (χ1) is 12.7. The molecular formula is C20H31N3O3S. The van der Waals surface area contributed by atoms with Crippen LogP contribution in [0.15, 0.2) is 6.07 Å². The second kappa shape index (κ2) is 8.71. The summed E-state index contributed by atoms with van der Waals surface area (Å²) in [5, 5.41) is 3.14. The Bertz CT molecular complexity index is 697. The normalized spacial score (nSPS) is 20.5. The molecule has 0 aromatic heterocycles. The van der Waals surface area contributed by atoms with Crippen molar-refractivity contribution in [1.82, 2.24) is 9.62 Å². The number of piperidine rings is 1. The lowest BCUT2D eigenvalue weighted by Crippen LogP contribution is -2.43. The van der Waals surface area contributed by atoms with E-state index in [-0.39, 0.29) is 16.8 Å². The van der Waals surface area contributed by atoms with Crippen molar-refractivity contribution < 1.29 is 14.5 Å². The van der Waals surface area contributed by atoms with Crippen LogP contribution in [0.5, 0.6) is 0 Å². The van der Waals surface area contributed by atoms with E-state index in [9.17, 15) is 9.00 Å². The quantitative estimate of drug-likeness (QED) is 0.820. The monoisotopic (exact) mass is 393 g/mol. The largest absolute Gasteiger partial charge is 0.412 e. The number of carbonyl (C=O) groups is 1. The minimum Gasteiger partial charge on any atom is -0.412 e. The van der Waals surface area contributed by atoms with Crippen molar-refractivity contribution in [2.24, 2.45) is 0 Å². The van der Waals surface area contributed by atoms with Gasteiger partial charge in [0, 0.05) is 5.69 Å². The molecule has 0 radical (unpaired) electrons. The van der Waals surface area contributed by atoms with Gasteiger partial charge in [-0.15, -0.1) is 0 Å². The summed E-state index contributed by atoms with van der Waals surface area (Å²) in [5.74, 6) is 0. The van der Waals surface area contributed by atoms with Crippen LogP contribution in [0.2, 0.25) is 0 Å². The number of hydrogen-bond donors (Lipinski definition) is 2. The molecule has 1 heterocycles. The zero-order chi connectivity index (χ0) is 18.1. The number of nitrogens with zero attached hydrogens (tertiary/aromatic N) is 1. The third-order valence-electron chi connectivity index (χ3n) is 6.19. The number of fused-ring (bicyclic) bond motifs is 2. The number of anilines is 1. The summed E-state index contributed by atoms with van der Waals surface area (Å²) in [5.41, 5.74) is 6.43. The van der Waals surface area contributed by atoms with Gasteiger partial charge < -0.3 is 15.7 Å².